The maximum Gasteiger partial charge on any atom is 0.172 e. The molecule has 1 aliphatic rings. The fourth-order valence-electron chi connectivity index (χ4n) is 2.46. The Morgan fingerprint density at radius 1 is 1.16 bits per heavy atom. The minimum Gasteiger partial charge on any atom is -0.393 e. The zero-order valence-electron chi connectivity index (χ0n) is 11.0. The number of nitrogens with one attached hydrogen (secondary N) is 1. The van der Waals surface area contributed by atoms with Crippen LogP contribution in [0, 0.1) is 0 Å². The number of rotatable bonds is 2. The number of nitrogens with zero attached hydrogens (tertiary/aromatic N) is 3. The maximum atomic E-state index is 9.59. The molecule has 3 rings (SSSR count). The van der Waals surface area contributed by atoms with Crippen LogP contribution in [0.3, 0.4) is 0 Å². The van der Waals surface area contributed by atoms with Crippen LogP contribution in [0.15, 0.2) is 24.3 Å². The first-order valence-corrected chi connectivity index (χ1v) is 6.65. The molecular weight excluding hydrogens is 240 g/mol. The fraction of sp³-hybridized carbons (Fsp3) is 0.429. The molecule has 5 heteroatoms. The molecule has 1 aliphatic heterocycles. The number of aliphatic hydroxyl groups is 1. The number of aliphatic hydroxyl groups excluding tert-OH is 1. The predicted octanol–water partition coefficient (Wildman–Crippen LogP) is 1.63. The molecule has 2 N–H and O–H groups in total. The van der Waals surface area contributed by atoms with Gasteiger partial charge in [-0.1, -0.05) is 12.1 Å². The van der Waals surface area contributed by atoms with Gasteiger partial charge in [0.05, 0.1) is 17.1 Å². The molecule has 0 radical (unpaired) electrons. The van der Waals surface area contributed by atoms with E-state index in [2.05, 4.69) is 15.2 Å². The molecule has 2 heterocycles. The number of benzene rings is 1. The van der Waals surface area contributed by atoms with Crippen LogP contribution in [0.2, 0.25) is 0 Å². The van der Waals surface area contributed by atoms with Crippen molar-refractivity contribution in [2.45, 2.75) is 18.9 Å². The summed E-state index contributed by atoms with van der Waals surface area (Å²) < 4.78 is 0. The molecule has 1 saturated heterocycles. The van der Waals surface area contributed by atoms with Crippen LogP contribution in [0.5, 0.6) is 0 Å². The molecule has 0 amide bonds. The first kappa shape index (κ1) is 12.2. The van der Waals surface area contributed by atoms with Gasteiger partial charge in [-0.05, 0) is 25.0 Å². The summed E-state index contributed by atoms with van der Waals surface area (Å²) in [5, 5.41) is 12.7. The largest absolute Gasteiger partial charge is 0.393 e. The minimum absolute atomic E-state index is 0.178. The Morgan fingerprint density at radius 2 is 1.79 bits per heavy atom. The van der Waals surface area contributed by atoms with E-state index in [-0.39, 0.29) is 6.10 Å². The third kappa shape index (κ3) is 2.33. The Kier molecular flexibility index (Phi) is 3.21. The highest BCUT2D eigenvalue weighted by Gasteiger charge is 2.21. The number of para-hydroxylation sites is 2. The average Bonchev–Trinajstić information content (AvgIpc) is 2.46. The van der Waals surface area contributed by atoms with Crippen LogP contribution in [-0.2, 0) is 0 Å². The molecule has 2 aromatic rings. The van der Waals surface area contributed by atoms with E-state index in [9.17, 15) is 5.11 Å². The van der Waals surface area contributed by atoms with Crippen molar-refractivity contribution in [2.24, 2.45) is 0 Å². The Balaban J connectivity index is 2.01. The number of anilines is 2. The van der Waals surface area contributed by atoms with Gasteiger partial charge in [-0.3, -0.25) is 0 Å². The van der Waals surface area contributed by atoms with Crippen molar-refractivity contribution in [2.75, 3.05) is 30.4 Å². The molecule has 0 atom stereocenters. The first-order chi connectivity index (χ1) is 9.28. The van der Waals surface area contributed by atoms with E-state index in [4.69, 9.17) is 4.98 Å². The van der Waals surface area contributed by atoms with Gasteiger partial charge in [0.25, 0.3) is 0 Å². The second-order valence-corrected chi connectivity index (χ2v) is 4.85. The lowest BCUT2D eigenvalue weighted by molar-refractivity contribution is 0.145. The molecule has 1 aromatic heterocycles. The van der Waals surface area contributed by atoms with Crippen molar-refractivity contribution in [1.29, 1.82) is 0 Å². The summed E-state index contributed by atoms with van der Waals surface area (Å²) in [6.45, 7) is 1.64. The zero-order chi connectivity index (χ0) is 13.2. The first-order valence-electron chi connectivity index (χ1n) is 6.65. The Labute approximate surface area is 112 Å². The van der Waals surface area contributed by atoms with Crippen molar-refractivity contribution < 1.29 is 5.11 Å². The number of aromatic nitrogens is 2. The van der Waals surface area contributed by atoms with Crippen molar-refractivity contribution in [3.05, 3.63) is 24.3 Å². The summed E-state index contributed by atoms with van der Waals surface area (Å²) in [5.74, 6) is 1.68. The summed E-state index contributed by atoms with van der Waals surface area (Å²) in [6.07, 6.45) is 1.40. The van der Waals surface area contributed by atoms with Gasteiger partial charge in [-0.15, -0.1) is 0 Å². The molecule has 5 nitrogen and oxygen atoms in total. The molecule has 0 aliphatic carbocycles. The average molecular weight is 258 g/mol. The van der Waals surface area contributed by atoms with E-state index >= 15 is 0 Å². The van der Waals surface area contributed by atoms with E-state index in [0.29, 0.717) is 0 Å². The SMILES string of the molecule is CNc1nc2ccccc2nc1N1CCC(O)CC1. The van der Waals surface area contributed by atoms with Gasteiger partial charge in [0.2, 0.25) is 0 Å². The van der Waals surface area contributed by atoms with Crippen molar-refractivity contribution in [3.8, 4) is 0 Å². The standard InChI is InChI=1S/C14H18N4O/c1-15-13-14(18-8-6-10(19)7-9-18)17-12-5-3-2-4-11(12)16-13/h2-5,10,19H,6-9H2,1H3,(H,15,16). The summed E-state index contributed by atoms with van der Waals surface area (Å²) in [5.41, 5.74) is 1.80. The Morgan fingerprint density at radius 3 is 2.42 bits per heavy atom. The predicted molar refractivity (Wildman–Crippen MR) is 76.5 cm³/mol. The smallest absolute Gasteiger partial charge is 0.172 e. The van der Waals surface area contributed by atoms with Crippen LogP contribution in [0.1, 0.15) is 12.8 Å². The van der Waals surface area contributed by atoms with Gasteiger partial charge >= 0.3 is 0 Å². The summed E-state index contributed by atoms with van der Waals surface area (Å²) >= 11 is 0. The van der Waals surface area contributed by atoms with Gasteiger partial charge in [-0.25, -0.2) is 9.97 Å². The second kappa shape index (κ2) is 5.01. The van der Waals surface area contributed by atoms with E-state index in [1.807, 2.05) is 31.3 Å². The van der Waals surface area contributed by atoms with Crippen molar-refractivity contribution in [3.63, 3.8) is 0 Å². The molecule has 1 aromatic carbocycles. The molecule has 1 fully saturated rings. The molecule has 0 saturated carbocycles. The Bertz CT molecular complexity index is 579. The highest BCUT2D eigenvalue weighted by molar-refractivity contribution is 5.80. The number of hydrogen-bond donors (Lipinski definition) is 2. The highest BCUT2D eigenvalue weighted by atomic mass is 16.3. The normalized spacial score (nSPS) is 16.8. The van der Waals surface area contributed by atoms with Gasteiger partial charge in [0.15, 0.2) is 11.6 Å². The van der Waals surface area contributed by atoms with Crippen LogP contribution in [0.25, 0.3) is 11.0 Å². The topological polar surface area (TPSA) is 61.3 Å². The van der Waals surface area contributed by atoms with E-state index in [1.165, 1.54) is 0 Å². The molecule has 0 spiro atoms. The van der Waals surface area contributed by atoms with Crippen LogP contribution in [-0.4, -0.2) is 41.3 Å². The third-order valence-electron chi connectivity index (χ3n) is 3.55. The summed E-state index contributed by atoms with van der Waals surface area (Å²) in [7, 11) is 1.86. The number of hydrogen-bond acceptors (Lipinski definition) is 5. The lowest BCUT2D eigenvalue weighted by atomic mass is 10.1. The maximum absolute atomic E-state index is 9.59. The van der Waals surface area contributed by atoms with Crippen LogP contribution < -0.4 is 10.2 Å². The molecule has 0 unspecified atom stereocenters. The molecule has 100 valence electrons. The van der Waals surface area contributed by atoms with Gasteiger partial charge in [0.1, 0.15) is 0 Å². The lowest BCUT2D eigenvalue weighted by Gasteiger charge is -2.31. The van der Waals surface area contributed by atoms with E-state index in [0.717, 1.165) is 48.6 Å². The van der Waals surface area contributed by atoms with E-state index < -0.39 is 0 Å². The summed E-state index contributed by atoms with van der Waals surface area (Å²) in [4.78, 5) is 11.5. The quantitative estimate of drug-likeness (QED) is 0.857. The third-order valence-corrected chi connectivity index (χ3v) is 3.55. The number of fused-ring (bicyclic) bond motifs is 1. The van der Waals surface area contributed by atoms with Crippen LogP contribution in [0.4, 0.5) is 11.6 Å². The minimum atomic E-state index is -0.178. The van der Waals surface area contributed by atoms with Crippen molar-refractivity contribution >= 4 is 22.7 Å². The zero-order valence-corrected chi connectivity index (χ0v) is 11.0. The monoisotopic (exact) mass is 258 g/mol. The molecule has 0 bridgehead atoms. The highest BCUT2D eigenvalue weighted by Crippen LogP contribution is 2.27. The lowest BCUT2D eigenvalue weighted by Crippen LogP contribution is -2.36. The Hall–Kier alpha value is -1.88. The van der Waals surface area contributed by atoms with Crippen LogP contribution >= 0.6 is 0 Å². The fourth-order valence-corrected chi connectivity index (χ4v) is 2.46. The van der Waals surface area contributed by atoms with Gasteiger partial charge < -0.3 is 15.3 Å². The number of piperidine rings is 1. The summed E-state index contributed by atoms with van der Waals surface area (Å²) in [6, 6.07) is 7.88. The van der Waals surface area contributed by atoms with Gasteiger partial charge in [-0.2, -0.15) is 0 Å². The van der Waals surface area contributed by atoms with Gasteiger partial charge in [0, 0.05) is 20.1 Å². The molecule has 19 heavy (non-hydrogen) atoms. The molecular formula is C14H18N4O. The van der Waals surface area contributed by atoms with Crippen molar-refractivity contribution in [1.82, 2.24) is 9.97 Å². The van der Waals surface area contributed by atoms with E-state index in [1.54, 1.807) is 0 Å². The second-order valence-electron chi connectivity index (χ2n) is 4.85.